The van der Waals surface area contributed by atoms with Crippen molar-refractivity contribution in [3.63, 3.8) is 0 Å². The summed E-state index contributed by atoms with van der Waals surface area (Å²) in [5.74, 6) is 0. The number of aldehydes is 1. The van der Waals surface area contributed by atoms with Crippen molar-refractivity contribution in [3.05, 3.63) is 0 Å². The van der Waals surface area contributed by atoms with Gasteiger partial charge in [0.25, 0.3) is 0 Å². The zero-order chi connectivity index (χ0) is 5.86. The van der Waals surface area contributed by atoms with Crippen molar-refractivity contribution in [2.75, 3.05) is 0 Å². The quantitative estimate of drug-likeness (QED) is 0.438. The second-order valence-electron chi connectivity index (χ2n) is 1.37. The summed E-state index contributed by atoms with van der Waals surface area (Å²) in [5.41, 5.74) is 0. The first-order chi connectivity index (χ1) is 3.18. The summed E-state index contributed by atoms with van der Waals surface area (Å²) in [6, 6.07) is 0. The average molecular weight is 104 g/mol. The predicted molar refractivity (Wildman–Crippen MR) is 23.8 cm³/mol. The van der Waals surface area contributed by atoms with Crippen molar-refractivity contribution in [3.8, 4) is 0 Å². The fourth-order valence-electron chi connectivity index (χ4n) is 0.114. The van der Waals surface area contributed by atoms with Crippen LogP contribution in [0.5, 0.6) is 0 Å². The number of carbonyl (C=O) groups is 1. The Kier molecular flexibility index (Phi) is 2.55. The van der Waals surface area contributed by atoms with Crippen LogP contribution < -0.4 is 0 Å². The van der Waals surface area contributed by atoms with E-state index < -0.39 is 12.2 Å². The molecule has 0 bridgehead atoms. The molecule has 0 unspecified atom stereocenters. The number of hydrogen-bond donors (Lipinski definition) is 2. The molecule has 0 aromatic carbocycles. The minimum absolute atomic E-state index is 0.296. The van der Waals surface area contributed by atoms with Crippen LogP contribution in [0.4, 0.5) is 0 Å². The Balaban J connectivity index is 3.33. The standard InChI is InChI=1S/C4H8O3/c1-3(6)4(7)2-5/h2-4,6-7H,1H3/t3-,4-/m1/s1. The van der Waals surface area contributed by atoms with Crippen molar-refractivity contribution >= 4 is 6.29 Å². The molecule has 0 radical (unpaired) electrons. The smallest absolute Gasteiger partial charge is 0.151 e. The SMILES string of the molecule is C[C@@H](O)[C@H](O)C=O. The molecule has 0 aromatic heterocycles. The lowest BCUT2D eigenvalue weighted by Crippen LogP contribution is -2.23. The summed E-state index contributed by atoms with van der Waals surface area (Å²) in [6.07, 6.45) is -1.87. The third-order valence-corrected chi connectivity index (χ3v) is 0.634. The van der Waals surface area contributed by atoms with Crippen LogP contribution in [0, 0.1) is 0 Å². The van der Waals surface area contributed by atoms with E-state index in [2.05, 4.69) is 0 Å². The van der Waals surface area contributed by atoms with Gasteiger partial charge in [-0.15, -0.1) is 0 Å². The zero-order valence-corrected chi connectivity index (χ0v) is 4.03. The van der Waals surface area contributed by atoms with E-state index in [-0.39, 0.29) is 0 Å². The third-order valence-electron chi connectivity index (χ3n) is 0.634. The molecule has 0 amide bonds. The average Bonchev–Trinajstić information content (AvgIpc) is 1.65. The van der Waals surface area contributed by atoms with E-state index in [0.29, 0.717) is 6.29 Å². The van der Waals surface area contributed by atoms with E-state index >= 15 is 0 Å². The maximum Gasteiger partial charge on any atom is 0.151 e. The Bertz CT molecular complexity index is 60.0. The topological polar surface area (TPSA) is 57.5 Å². The lowest BCUT2D eigenvalue weighted by atomic mass is 10.3. The highest BCUT2D eigenvalue weighted by Gasteiger charge is 2.06. The molecule has 0 fully saturated rings. The molecular weight excluding hydrogens is 96.0 g/mol. The van der Waals surface area contributed by atoms with E-state index in [4.69, 9.17) is 10.2 Å². The number of aliphatic hydroxyl groups excluding tert-OH is 2. The number of carbonyl (C=O) groups excluding carboxylic acids is 1. The highest BCUT2D eigenvalue weighted by atomic mass is 16.3. The van der Waals surface area contributed by atoms with Crippen LogP contribution in [0.25, 0.3) is 0 Å². The van der Waals surface area contributed by atoms with Crippen molar-refractivity contribution in [2.45, 2.75) is 19.1 Å². The molecule has 0 heterocycles. The fraction of sp³-hybridized carbons (Fsp3) is 0.750. The molecule has 2 atom stereocenters. The van der Waals surface area contributed by atoms with Crippen molar-refractivity contribution in [2.24, 2.45) is 0 Å². The second kappa shape index (κ2) is 2.71. The Morgan fingerprint density at radius 3 is 2.00 bits per heavy atom. The molecule has 3 nitrogen and oxygen atoms in total. The summed E-state index contributed by atoms with van der Waals surface area (Å²) in [5, 5.41) is 16.7. The van der Waals surface area contributed by atoms with Crippen LogP contribution in [-0.4, -0.2) is 28.7 Å². The van der Waals surface area contributed by atoms with Crippen LogP contribution in [0.15, 0.2) is 0 Å². The molecule has 0 saturated heterocycles. The molecule has 2 N–H and O–H groups in total. The van der Waals surface area contributed by atoms with Crippen LogP contribution in [0.3, 0.4) is 0 Å². The maximum absolute atomic E-state index is 9.54. The summed E-state index contributed by atoms with van der Waals surface area (Å²) in [4.78, 5) is 9.54. The summed E-state index contributed by atoms with van der Waals surface area (Å²) < 4.78 is 0. The van der Waals surface area contributed by atoms with E-state index in [0.717, 1.165) is 0 Å². The predicted octanol–water partition coefficient (Wildman–Crippen LogP) is -1.07. The highest BCUT2D eigenvalue weighted by Crippen LogP contribution is 1.83. The van der Waals surface area contributed by atoms with Crippen molar-refractivity contribution in [1.29, 1.82) is 0 Å². The van der Waals surface area contributed by atoms with Crippen LogP contribution >= 0.6 is 0 Å². The van der Waals surface area contributed by atoms with Gasteiger partial charge in [0, 0.05) is 0 Å². The lowest BCUT2D eigenvalue weighted by Gasteiger charge is -2.02. The molecule has 42 valence electrons. The number of aliphatic hydroxyl groups is 2. The molecule has 7 heavy (non-hydrogen) atoms. The van der Waals surface area contributed by atoms with E-state index in [9.17, 15) is 4.79 Å². The Labute approximate surface area is 41.6 Å². The Hall–Kier alpha value is -0.410. The molecular formula is C4H8O3. The van der Waals surface area contributed by atoms with Gasteiger partial charge in [0.1, 0.15) is 6.10 Å². The van der Waals surface area contributed by atoms with E-state index in [1.54, 1.807) is 0 Å². The largest absolute Gasteiger partial charge is 0.390 e. The first-order valence-electron chi connectivity index (χ1n) is 2.00. The molecule has 0 aliphatic heterocycles. The van der Waals surface area contributed by atoms with Gasteiger partial charge in [-0.1, -0.05) is 0 Å². The van der Waals surface area contributed by atoms with Gasteiger partial charge in [-0.25, -0.2) is 0 Å². The van der Waals surface area contributed by atoms with Gasteiger partial charge in [0.15, 0.2) is 6.29 Å². The van der Waals surface area contributed by atoms with Gasteiger partial charge in [-0.3, -0.25) is 0 Å². The molecule has 0 saturated carbocycles. The Morgan fingerprint density at radius 2 is 2.00 bits per heavy atom. The third kappa shape index (κ3) is 2.31. The summed E-state index contributed by atoms with van der Waals surface area (Å²) in [6.45, 7) is 1.35. The molecule has 0 aromatic rings. The number of rotatable bonds is 2. The first kappa shape index (κ1) is 6.59. The molecule has 0 aliphatic rings. The van der Waals surface area contributed by atoms with Gasteiger partial charge in [-0.05, 0) is 6.92 Å². The van der Waals surface area contributed by atoms with Crippen molar-refractivity contribution < 1.29 is 15.0 Å². The monoisotopic (exact) mass is 104 g/mol. The van der Waals surface area contributed by atoms with Gasteiger partial charge in [0.05, 0.1) is 6.10 Å². The number of hydrogen-bond acceptors (Lipinski definition) is 3. The van der Waals surface area contributed by atoms with E-state index in [1.165, 1.54) is 6.92 Å². The van der Waals surface area contributed by atoms with Crippen LogP contribution in [0.1, 0.15) is 6.92 Å². The van der Waals surface area contributed by atoms with Crippen LogP contribution in [-0.2, 0) is 4.79 Å². The van der Waals surface area contributed by atoms with Gasteiger partial charge < -0.3 is 15.0 Å². The van der Waals surface area contributed by atoms with Crippen LogP contribution in [0.2, 0.25) is 0 Å². The maximum atomic E-state index is 9.54. The normalized spacial score (nSPS) is 18.1. The minimum atomic E-state index is -1.22. The summed E-state index contributed by atoms with van der Waals surface area (Å²) in [7, 11) is 0. The first-order valence-corrected chi connectivity index (χ1v) is 2.00. The van der Waals surface area contributed by atoms with E-state index in [1.807, 2.05) is 0 Å². The van der Waals surface area contributed by atoms with Gasteiger partial charge in [-0.2, -0.15) is 0 Å². The zero-order valence-electron chi connectivity index (χ0n) is 4.03. The second-order valence-corrected chi connectivity index (χ2v) is 1.37. The highest BCUT2D eigenvalue weighted by molar-refractivity contribution is 5.56. The molecule has 0 aliphatic carbocycles. The molecule has 0 rings (SSSR count). The fourth-order valence-corrected chi connectivity index (χ4v) is 0.114. The lowest BCUT2D eigenvalue weighted by molar-refractivity contribution is -0.119. The molecule has 0 spiro atoms. The molecule has 3 heteroatoms. The van der Waals surface area contributed by atoms with Gasteiger partial charge >= 0.3 is 0 Å². The van der Waals surface area contributed by atoms with Gasteiger partial charge in [0.2, 0.25) is 0 Å². The van der Waals surface area contributed by atoms with Crippen molar-refractivity contribution in [1.82, 2.24) is 0 Å². The summed E-state index contributed by atoms with van der Waals surface area (Å²) >= 11 is 0. The minimum Gasteiger partial charge on any atom is -0.390 e. The Morgan fingerprint density at radius 1 is 1.57 bits per heavy atom.